The SMILES string of the molecule is COCCCNC(=O)c1ccc(Cn2c(SCc3ccc([N+](=O)[O-])cc3)nc3ccncc32)cc1. The largest absolute Gasteiger partial charge is 0.385 e. The number of benzene rings is 2. The van der Waals surface area contributed by atoms with Crippen LogP contribution in [0, 0.1) is 10.1 Å². The standard InChI is InChI=1S/C25H25N5O4S/c1-34-14-2-12-27-24(31)20-7-3-18(4-8-20)16-29-23-15-26-13-11-22(23)28-25(29)35-17-19-5-9-21(10-6-19)30(32)33/h3-11,13,15H,2,12,14,16-17H2,1H3,(H,27,31). The van der Waals surface area contributed by atoms with Gasteiger partial charge in [-0.2, -0.15) is 0 Å². The van der Waals surface area contributed by atoms with Crippen LogP contribution in [0.25, 0.3) is 11.0 Å². The number of thioether (sulfide) groups is 1. The molecule has 0 atom stereocenters. The Morgan fingerprint density at radius 3 is 2.57 bits per heavy atom. The molecule has 0 bridgehead atoms. The zero-order valence-corrected chi connectivity index (χ0v) is 20.0. The maximum atomic E-state index is 12.3. The summed E-state index contributed by atoms with van der Waals surface area (Å²) in [5, 5.41) is 14.6. The molecule has 180 valence electrons. The number of nitrogens with one attached hydrogen (secondary N) is 1. The van der Waals surface area contributed by atoms with E-state index in [2.05, 4.69) is 14.9 Å². The lowest BCUT2D eigenvalue weighted by atomic mass is 10.1. The van der Waals surface area contributed by atoms with Crippen molar-refractivity contribution >= 4 is 34.4 Å². The summed E-state index contributed by atoms with van der Waals surface area (Å²) < 4.78 is 7.10. The van der Waals surface area contributed by atoms with Crippen molar-refractivity contribution in [2.24, 2.45) is 0 Å². The average Bonchev–Trinajstić information content (AvgIpc) is 3.23. The molecule has 2 aromatic heterocycles. The topological polar surface area (TPSA) is 112 Å². The van der Waals surface area contributed by atoms with E-state index in [4.69, 9.17) is 9.72 Å². The van der Waals surface area contributed by atoms with Gasteiger partial charge in [0.25, 0.3) is 11.6 Å². The number of fused-ring (bicyclic) bond motifs is 1. The van der Waals surface area contributed by atoms with E-state index in [1.165, 1.54) is 12.1 Å². The van der Waals surface area contributed by atoms with Crippen molar-refractivity contribution in [2.45, 2.75) is 23.9 Å². The fourth-order valence-electron chi connectivity index (χ4n) is 3.54. The van der Waals surface area contributed by atoms with Crippen LogP contribution in [0.1, 0.15) is 27.9 Å². The predicted molar refractivity (Wildman–Crippen MR) is 135 cm³/mol. The highest BCUT2D eigenvalue weighted by Crippen LogP contribution is 2.28. The van der Waals surface area contributed by atoms with Crippen LogP contribution in [0.4, 0.5) is 5.69 Å². The van der Waals surface area contributed by atoms with E-state index in [0.29, 0.717) is 31.0 Å². The molecule has 2 heterocycles. The maximum absolute atomic E-state index is 12.3. The molecule has 0 saturated heterocycles. The van der Waals surface area contributed by atoms with Crippen molar-refractivity contribution < 1.29 is 14.5 Å². The molecule has 0 fully saturated rings. The minimum absolute atomic E-state index is 0.0733. The number of aromatic nitrogens is 3. The first-order valence-electron chi connectivity index (χ1n) is 11.1. The molecule has 35 heavy (non-hydrogen) atoms. The fraction of sp³-hybridized carbons (Fsp3) is 0.240. The number of methoxy groups -OCH3 is 1. The van der Waals surface area contributed by atoms with Crippen molar-refractivity contribution in [3.05, 3.63) is 93.8 Å². The van der Waals surface area contributed by atoms with E-state index in [1.54, 1.807) is 43.4 Å². The third-order valence-corrected chi connectivity index (χ3v) is 6.45. The Balaban J connectivity index is 1.48. The molecule has 0 aliphatic heterocycles. The van der Waals surface area contributed by atoms with Gasteiger partial charge in [-0.15, -0.1) is 0 Å². The Labute approximate surface area is 206 Å². The molecule has 0 saturated carbocycles. The number of hydrogen-bond acceptors (Lipinski definition) is 7. The number of imidazole rings is 1. The van der Waals surface area contributed by atoms with Crippen molar-refractivity contribution in [1.29, 1.82) is 0 Å². The van der Waals surface area contributed by atoms with Crippen LogP contribution in [0.15, 0.2) is 72.1 Å². The number of nitro benzene ring substituents is 1. The normalized spacial score (nSPS) is 11.0. The van der Waals surface area contributed by atoms with Gasteiger partial charge in [0, 0.05) is 49.9 Å². The van der Waals surface area contributed by atoms with Gasteiger partial charge in [0.15, 0.2) is 5.16 Å². The first kappa shape index (κ1) is 24.4. The molecule has 1 amide bonds. The number of nitrogens with zero attached hydrogens (tertiary/aromatic N) is 4. The number of hydrogen-bond donors (Lipinski definition) is 1. The molecule has 0 unspecified atom stereocenters. The van der Waals surface area contributed by atoms with Crippen molar-refractivity contribution in [3.63, 3.8) is 0 Å². The smallest absolute Gasteiger partial charge is 0.269 e. The van der Waals surface area contributed by atoms with Crippen molar-refractivity contribution in [3.8, 4) is 0 Å². The Hall–Kier alpha value is -3.76. The van der Waals surface area contributed by atoms with E-state index in [1.807, 2.05) is 30.3 Å². The van der Waals surface area contributed by atoms with E-state index < -0.39 is 4.92 Å². The van der Waals surface area contributed by atoms with Crippen molar-refractivity contribution in [1.82, 2.24) is 19.9 Å². The maximum Gasteiger partial charge on any atom is 0.269 e. The second-order valence-electron chi connectivity index (χ2n) is 7.86. The quantitative estimate of drug-likeness (QED) is 0.143. The monoisotopic (exact) mass is 491 g/mol. The Bertz CT molecular complexity index is 1310. The number of nitro groups is 1. The second-order valence-corrected chi connectivity index (χ2v) is 8.80. The fourth-order valence-corrected chi connectivity index (χ4v) is 4.51. The van der Waals surface area contributed by atoms with Crippen LogP contribution < -0.4 is 5.32 Å². The van der Waals surface area contributed by atoms with Crippen LogP contribution >= 0.6 is 11.8 Å². The molecule has 0 radical (unpaired) electrons. The van der Waals surface area contributed by atoms with Gasteiger partial charge in [0.2, 0.25) is 0 Å². The minimum Gasteiger partial charge on any atom is -0.385 e. The first-order valence-corrected chi connectivity index (χ1v) is 12.1. The lowest BCUT2D eigenvalue weighted by Gasteiger charge is -2.10. The van der Waals surface area contributed by atoms with E-state index in [-0.39, 0.29) is 11.6 Å². The number of ether oxygens (including phenoxy) is 1. The van der Waals surface area contributed by atoms with Gasteiger partial charge < -0.3 is 14.6 Å². The van der Waals surface area contributed by atoms with Gasteiger partial charge in [-0.3, -0.25) is 19.9 Å². The minimum atomic E-state index is -0.403. The lowest BCUT2D eigenvalue weighted by molar-refractivity contribution is -0.384. The molecule has 4 aromatic rings. The molecule has 10 heteroatoms. The molecule has 0 spiro atoms. The number of amides is 1. The van der Waals surface area contributed by atoms with E-state index in [9.17, 15) is 14.9 Å². The third-order valence-electron chi connectivity index (χ3n) is 5.40. The summed E-state index contributed by atoms with van der Waals surface area (Å²) in [6.45, 7) is 1.75. The molecule has 1 N–H and O–H groups in total. The van der Waals surface area contributed by atoms with Crippen LogP contribution in [0.5, 0.6) is 0 Å². The highest BCUT2D eigenvalue weighted by atomic mass is 32.2. The van der Waals surface area contributed by atoms with Gasteiger partial charge >= 0.3 is 0 Å². The Morgan fingerprint density at radius 1 is 1.11 bits per heavy atom. The van der Waals surface area contributed by atoms with Gasteiger partial charge in [0.1, 0.15) is 0 Å². The zero-order valence-electron chi connectivity index (χ0n) is 19.2. The van der Waals surface area contributed by atoms with E-state index >= 15 is 0 Å². The van der Waals surface area contributed by atoms with Crippen LogP contribution in [0.2, 0.25) is 0 Å². The van der Waals surface area contributed by atoms with Crippen molar-refractivity contribution in [2.75, 3.05) is 20.3 Å². The number of carbonyl (C=O) groups is 1. The summed E-state index contributed by atoms with van der Waals surface area (Å²) in [4.78, 5) is 31.8. The molecule has 0 aliphatic carbocycles. The highest BCUT2D eigenvalue weighted by molar-refractivity contribution is 7.98. The van der Waals surface area contributed by atoms with E-state index in [0.717, 1.165) is 33.7 Å². The average molecular weight is 492 g/mol. The second kappa shape index (κ2) is 11.6. The molecule has 0 aliphatic rings. The van der Waals surface area contributed by atoms with Crippen LogP contribution in [-0.4, -0.2) is 45.6 Å². The summed E-state index contributed by atoms with van der Waals surface area (Å²) >= 11 is 1.56. The summed E-state index contributed by atoms with van der Waals surface area (Å²) in [5.74, 6) is 0.515. The summed E-state index contributed by atoms with van der Waals surface area (Å²) in [6, 6.07) is 15.9. The molecule has 4 rings (SSSR count). The molecule has 2 aromatic carbocycles. The molecular formula is C25H25N5O4S. The Kier molecular flexibility index (Phi) is 8.07. The number of non-ortho nitro benzene ring substituents is 1. The molecular weight excluding hydrogens is 466 g/mol. The van der Waals surface area contributed by atoms with Gasteiger partial charge in [-0.25, -0.2) is 4.98 Å². The number of pyridine rings is 1. The predicted octanol–water partition coefficient (Wildman–Crippen LogP) is 4.45. The van der Waals surface area contributed by atoms with Gasteiger partial charge in [0.05, 0.1) is 28.7 Å². The zero-order chi connectivity index (χ0) is 24.6. The number of rotatable bonds is 11. The van der Waals surface area contributed by atoms with Gasteiger partial charge in [-0.05, 0) is 35.7 Å². The third kappa shape index (κ3) is 6.23. The molecule has 9 nitrogen and oxygen atoms in total. The summed E-state index contributed by atoms with van der Waals surface area (Å²) in [6.07, 6.45) is 4.27. The van der Waals surface area contributed by atoms with Crippen LogP contribution in [0.3, 0.4) is 0 Å². The first-order chi connectivity index (χ1) is 17.0. The lowest BCUT2D eigenvalue weighted by Crippen LogP contribution is -2.25. The summed E-state index contributed by atoms with van der Waals surface area (Å²) in [7, 11) is 1.64. The van der Waals surface area contributed by atoms with Gasteiger partial charge in [-0.1, -0.05) is 36.0 Å². The summed E-state index contributed by atoms with van der Waals surface area (Å²) in [5.41, 5.74) is 4.44. The number of carbonyl (C=O) groups excluding carboxylic acids is 1. The Morgan fingerprint density at radius 2 is 1.86 bits per heavy atom. The van der Waals surface area contributed by atoms with Crippen LogP contribution in [-0.2, 0) is 17.0 Å². The highest BCUT2D eigenvalue weighted by Gasteiger charge is 2.13.